The molecule has 0 radical (unpaired) electrons. The van der Waals surface area contributed by atoms with Crippen LogP contribution in [0.2, 0.25) is 0 Å². The van der Waals surface area contributed by atoms with Crippen molar-refractivity contribution >= 4 is 0 Å². The van der Waals surface area contributed by atoms with E-state index >= 15 is 0 Å². The van der Waals surface area contributed by atoms with Gasteiger partial charge in [-0.1, -0.05) is 34.6 Å². The molecule has 0 aromatic rings. The number of nitrogens with zero attached hydrogens (tertiary/aromatic N) is 1. The minimum atomic E-state index is 0.444. The van der Waals surface area contributed by atoms with Gasteiger partial charge in [0.15, 0.2) is 0 Å². The predicted octanol–water partition coefficient (Wildman–Crippen LogP) is 4.16. The van der Waals surface area contributed by atoms with E-state index in [1.54, 1.807) is 0 Å². The van der Waals surface area contributed by atoms with Crippen LogP contribution >= 0.6 is 0 Å². The summed E-state index contributed by atoms with van der Waals surface area (Å²) in [5.74, 6) is 1.63. The van der Waals surface area contributed by atoms with Crippen LogP contribution in [-0.4, -0.2) is 37.1 Å². The van der Waals surface area contributed by atoms with Crippen LogP contribution < -0.4 is 5.32 Å². The minimum absolute atomic E-state index is 0.444. The Balaban J connectivity index is 2.75. The highest BCUT2D eigenvalue weighted by molar-refractivity contribution is 4.94. The van der Waals surface area contributed by atoms with Gasteiger partial charge in [-0.15, -0.1) is 0 Å². The van der Waals surface area contributed by atoms with Crippen LogP contribution in [0.4, 0.5) is 0 Å². The first-order valence-electron chi connectivity index (χ1n) is 8.56. The molecule has 0 spiro atoms. The molecular formula is C18H38N2. The van der Waals surface area contributed by atoms with Gasteiger partial charge in [0.25, 0.3) is 0 Å². The lowest BCUT2D eigenvalue weighted by Gasteiger charge is -2.47. The summed E-state index contributed by atoms with van der Waals surface area (Å²) in [7, 11) is 4.48. The Morgan fingerprint density at radius 1 is 1.15 bits per heavy atom. The van der Waals surface area contributed by atoms with Crippen molar-refractivity contribution in [2.24, 2.45) is 17.3 Å². The van der Waals surface area contributed by atoms with E-state index in [-0.39, 0.29) is 0 Å². The van der Waals surface area contributed by atoms with Crippen LogP contribution in [0.1, 0.15) is 67.2 Å². The molecule has 120 valence electrons. The molecule has 20 heavy (non-hydrogen) atoms. The van der Waals surface area contributed by atoms with Crippen molar-refractivity contribution in [1.29, 1.82) is 0 Å². The zero-order valence-corrected chi connectivity index (χ0v) is 15.2. The van der Waals surface area contributed by atoms with Gasteiger partial charge in [-0.2, -0.15) is 0 Å². The maximum Gasteiger partial charge on any atom is 0.0251 e. The molecule has 2 nitrogen and oxygen atoms in total. The second-order valence-electron chi connectivity index (χ2n) is 8.48. The molecule has 0 saturated heterocycles. The van der Waals surface area contributed by atoms with Crippen molar-refractivity contribution in [2.45, 2.75) is 85.4 Å². The highest BCUT2D eigenvalue weighted by Crippen LogP contribution is 2.39. The fourth-order valence-electron chi connectivity index (χ4n) is 3.90. The van der Waals surface area contributed by atoms with Crippen LogP contribution in [0.5, 0.6) is 0 Å². The van der Waals surface area contributed by atoms with Crippen molar-refractivity contribution in [3.05, 3.63) is 0 Å². The monoisotopic (exact) mass is 282 g/mol. The molecule has 1 rings (SSSR count). The van der Waals surface area contributed by atoms with Crippen LogP contribution in [0.15, 0.2) is 0 Å². The summed E-state index contributed by atoms with van der Waals surface area (Å²) < 4.78 is 0. The number of rotatable bonds is 5. The maximum atomic E-state index is 3.57. The topological polar surface area (TPSA) is 15.3 Å². The molecule has 4 atom stereocenters. The maximum absolute atomic E-state index is 3.57. The SMILES string of the molecule is CNC1CCC(C(C)(C)C)CC1N(C)C(C)CC(C)C. The van der Waals surface area contributed by atoms with Crippen molar-refractivity contribution in [3.63, 3.8) is 0 Å². The van der Waals surface area contributed by atoms with Crippen LogP contribution in [0, 0.1) is 17.3 Å². The lowest BCUT2D eigenvalue weighted by molar-refractivity contribution is 0.0506. The minimum Gasteiger partial charge on any atom is -0.315 e. The molecule has 0 aromatic carbocycles. The molecular weight excluding hydrogens is 244 g/mol. The third-order valence-corrected chi connectivity index (χ3v) is 5.44. The number of likely N-dealkylation sites (N-methyl/N-ethyl adjacent to an activating group) is 2. The van der Waals surface area contributed by atoms with E-state index in [1.807, 2.05) is 0 Å². The Morgan fingerprint density at radius 3 is 2.20 bits per heavy atom. The van der Waals surface area contributed by atoms with Crippen molar-refractivity contribution < 1.29 is 0 Å². The Hall–Kier alpha value is -0.0800. The second-order valence-corrected chi connectivity index (χ2v) is 8.48. The summed E-state index contributed by atoms with van der Waals surface area (Å²) in [6.45, 7) is 14.3. The lowest BCUT2D eigenvalue weighted by atomic mass is 9.69. The third-order valence-electron chi connectivity index (χ3n) is 5.44. The lowest BCUT2D eigenvalue weighted by Crippen LogP contribution is -2.54. The largest absolute Gasteiger partial charge is 0.315 e. The van der Waals surface area contributed by atoms with Crippen molar-refractivity contribution in [3.8, 4) is 0 Å². The van der Waals surface area contributed by atoms with E-state index in [1.165, 1.54) is 25.7 Å². The fourth-order valence-corrected chi connectivity index (χ4v) is 3.90. The molecule has 4 unspecified atom stereocenters. The Morgan fingerprint density at radius 2 is 1.75 bits per heavy atom. The normalized spacial score (nSPS) is 30.0. The molecule has 1 N–H and O–H groups in total. The van der Waals surface area contributed by atoms with Gasteiger partial charge in [0.1, 0.15) is 0 Å². The van der Waals surface area contributed by atoms with Gasteiger partial charge in [0.2, 0.25) is 0 Å². The van der Waals surface area contributed by atoms with Crippen molar-refractivity contribution in [1.82, 2.24) is 10.2 Å². The van der Waals surface area contributed by atoms with E-state index in [0.29, 0.717) is 23.5 Å². The molecule has 1 aliphatic rings. The molecule has 0 aliphatic heterocycles. The van der Waals surface area contributed by atoms with Gasteiger partial charge >= 0.3 is 0 Å². The first-order valence-corrected chi connectivity index (χ1v) is 8.56. The van der Waals surface area contributed by atoms with Gasteiger partial charge in [0, 0.05) is 18.1 Å². The van der Waals surface area contributed by atoms with Crippen LogP contribution in [-0.2, 0) is 0 Å². The smallest absolute Gasteiger partial charge is 0.0251 e. The van der Waals surface area contributed by atoms with E-state index in [9.17, 15) is 0 Å². The molecule has 1 aliphatic carbocycles. The summed E-state index contributed by atoms with van der Waals surface area (Å²) >= 11 is 0. The van der Waals surface area contributed by atoms with Gasteiger partial charge in [-0.25, -0.2) is 0 Å². The summed E-state index contributed by atoms with van der Waals surface area (Å²) in [4.78, 5) is 2.65. The molecule has 0 aromatic heterocycles. The highest BCUT2D eigenvalue weighted by Gasteiger charge is 2.38. The summed E-state index contributed by atoms with van der Waals surface area (Å²) in [6.07, 6.45) is 5.33. The van der Waals surface area contributed by atoms with Crippen molar-refractivity contribution in [2.75, 3.05) is 14.1 Å². The first kappa shape index (κ1) is 18.0. The Bertz CT molecular complexity index is 280. The van der Waals surface area contributed by atoms with E-state index in [0.717, 1.165) is 11.8 Å². The van der Waals surface area contributed by atoms with Gasteiger partial charge in [-0.3, -0.25) is 4.90 Å². The number of hydrogen-bond donors (Lipinski definition) is 1. The van der Waals surface area contributed by atoms with Crippen LogP contribution in [0.3, 0.4) is 0 Å². The molecule has 0 heterocycles. The third kappa shape index (κ3) is 4.73. The van der Waals surface area contributed by atoms with E-state index in [2.05, 4.69) is 65.9 Å². The average molecular weight is 283 g/mol. The summed E-state index contributed by atoms with van der Waals surface area (Å²) in [6, 6.07) is 2.02. The number of hydrogen-bond acceptors (Lipinski definition) is 2. The second kappa shape index (κ2) is 7.26. The molecule has 0 bridgehead atoms. The van der Waals surface area contributed by atoms with E-state index < -0.39 is 0 Å². The first-order chi connectivity index (χ1) is 9.16. The van der Waals surface area contributed by atoms with Gasteiger partial charge in [-0.05, 0) is 64.0 Å². The fraction of sp³-hybridized carbons (Fsp3) is 1.00. The molecule has 2 heteroatoms. The average Bonchev–Trinajstić information content (AvgIpc) is 2.35. The number of nitrogens with one attached hydrogen (secondary N) is 1. The molecule has 1 saturated carbocycles. The summed E-state index contributed by atoms with van der Waals surface area (Å²) in [5.41, 5.74) is 0.444. The molecule has 1 fully saturated rings. The predicted molar refractivity (Wildman–Crippen MR) is 90.1 cm³/mol. The quantitative estimate of drug-likeness (QED) is 0.814. The van der Waals surface area contributed by atoms with E-state index in [4.69, 9.17) is 0 Å². The highest BCUT2D eigenvalue weighted by atomic mass is 15.2. The standard InChI is InChI=1S/C18H38N2/c1-13(2)11-14(3)20(8)17-12-15(18(4,5)6)9-10-16(17)19-7/h13-17,19H,9-12H2,1-8H3. The van der Waals surface area contributed by atoms with Gasteiger partial charge < -0.3 is 5.32 Å². The zero-order chi connectivity index (χ0) is 15.5. The zero-order valence-electron chi connectivity index (χ0n) is 15.2. The Kier molecular flexibility index (Phi) is 6.53. The molecule has 0 amide bonds. The Labute approximate surface area is 127 Å². The van der Waals surface area contributed by atoms with Gasteiger partial charge in [0.05, 0.1) is 0 Å². The summed E-state index contributed by atoms with van der Waals surface area (Å²) in [5, 5.41) is 3.57. The van der Waals surface area contributed by atoms with Crippen LogP contribution in [0.25, 0.3) is 0 Å².